The van der Waals surface area contributed by atoms with Crippen LogP contribution in [-0.4, -0.2) is 0 Å². The van der Waals surface area contributed by atoms with Crippen LogP contribution < -0.4 is 0 Å². The van der Waals surface area contributed by atoms with Crippen molar-refractivity contribution < 1.29 is 0 Å². The molecular formula is C14H12S. The van der Waals surface area contributed by atoms with E-state index in [1.54, 1.807) is 0 Å². The molecule has 1 heteroatoms. The van der Waals surface area contributed by atoms with Gasteiger partial charge in [0.2, 0.25) is 0 Å². The van der Waals surface area contributed by atoms with Crippen molar-refractivity contribution in [3.63, 3.8) is 0 Å². The van der Waals surface area contributed by atoms with E-state index in [9.17, 15) is 0 Å². The Balaban J connectivity index is 2.10. The standard InChI is InChI=1S/C14H12S/c1-14(11-7-3-2-4-8-11)12-9-5-6-10-13(12)15-14/h2-10H,1H3. The Hall–Kier alpha value is -1.21. The third kappa shape index (κ3) is 1.23. The van der Waals surface area contributed by atoms with E-state index in [2.05, 4.69) is 61.5 Å². The van der Waals surface area contributed by atoms with Crippen LogP contribution in [0.2, 0.25) is 0 Å². The lowest BCUT2D eigenvalue weighted by molar-refractivity contribution is 0.776. The number of benzene rings is 2. The fourth-order valence-electron chi connectivity index (χ4n) is 2.15. The molecule has 1 aliphatic rings. The molecule has 2 aromatic carbocycles. The molecule has 0 aliphatic carbocycles. The normalized spacial score (nSPS) is 23.0. The van der Waals surface area contributed by atoms with Crippen molar-refractivity contribution in [3.05, 3.63) is 65.7 Å². The Morgan fingerprint density at radius 3 is 2.27 bits per heavy atom. The molecule has 3 rings (SSSR count). The SMILES string of the molecule is CC1(c2ccccc2)Sc2ccccc21. The summed E-state index contributed by atoms with van der Waals surface area (Å²) in [6.07, 6.45) is 0. The Labute approximate surface area is 94.3 Å². The van der Waals surface area contributed by atoms with Crippen LogP contribution in [0.3, 0.4) is 0 Å². The number of hydrogen-bond donors (Lipinski definition) is 0. The van der Waals surface area contributed by atoms with Crippen LogP contribution in [0.25, 0.3) is 0 Å². The minimum Gasteiger partial charge on any atom is -0.110 e. The Bertz CT molecular complexity index is 490. The van der Waals surface area contributed by atoms with Gasteiger partial charge < -0.3 is 0 Å². The van der Waals surface area contributed by atoms with Gasteiger partial charge >= 0.3 is 0 Å². The highest BCUT2D eigenvalue weighted by Crippen LogP contribution is 2.57. The van der Waals surface area contributed by atoms with E-state index in [4.69, 9.17) is 0 Å². The molecule has 0 saturated carbocycles. The minimum atomic E-state index is 0.165. The molecule has 1 heterocycles. The Morgan fingerprint density at radius 1 is 0.867 bits per heavy atom. The van der Waals surface area contributed by atoms with Crippen LogP contribution in [0.1, 0.15) is 18.1 Å². The molecule has 0 aromatic heterocycles. The van der Waals surface area contributed by atoms with E-state index in [0.29, 0.717) is 0 Å². The zero-order chi connectivity index (χ0) is 10.3. The van der Waals surface area contributed by atoms with E-state index < -0.39 is 0 Å². The van der Waals surface area contributed by atoms with Crippen molar-refractivity contribution >= 4 is 11.8 Å². The molecule has 0 N–H and O–H groups in total. The molecule has 2 aromatic rings. The van der Waals surface area contributed by atoms with E-state index in [1.807, 2.05) is 11.8 Å². The van der Waals surface area contributed by atoms with Crippen LogP contribution >= 0.6 is 11.8 Å². The summed E-state index contributed by atoms with van der Waals surface area (Å²) in [4.78, 5) is 1.42. The van der Waals surface area contributed by atoms with Gasteiger partial charge in [0.25, 0.3) is 0 Å². The molecule has 0 saturated heterocycles. The number of hydrogen-bond acceptors (Lipinski definition) is 1. The van der Waals surface area contributed by atoms with Crippen molar-refractivity contribution in [3.8, 4) is 0 Å². The second kappa shape index (κ2) is 3.14. The number of rotatable bonds is 1. The monoisotopic (exact) mass is 212 g/mol. The van der Waals surface area contributed by atoms with Crippen LogP contribution in [0.4, 0.5) is 0 Å². The predicted octanol–water partition coefficient (Wildman–Crippen LogP) is 4.06. The lowest BCUT2D eigenvalue weighted by atomic mass is 9.91. The lowest BCUT2D eigenvalue weighted by Crippen LogP contribution is -2.27. The smallest absolute Gasteiger partial charge is 0.0686 e. The first kappa shape index (κ1) is 9.05. The molecular weight excluding hydrogens is 200 g/mol. The number of thioether (sulfide) groups is 1. The summed E-state index contributed by atoms with van der Waals surface area (Å²) < 4.78 is 0.165. The second-order valence-corrected chi connectivity index (χ2v) is 5.46. The molecule has 0 spiro atoms. The molecule has 0 fully saturated rings. The minimum absolute atomic E-state index is 0.165. The molecule has 15 heavy (non-hydrogen) atoms. The molecule has 0 bridgehead atoms. The summed E-state index contributed by atoms with van der Waals surface area (Å²) in [6, 6.07) is 19.4. The molecule has 1 unspecified atom stereocenters. The maximum Gasteiger partial charge on any atom is 0.0686 e. The summed E-state index contributed by atoms with van der Waals surface area (Å²) in [5.41, 5.74) is 2.86. The van der Waals surface area contributed by atoms with Gasteiger partial charge in [0.05, 0.1) is 4.75 Å². The molecule has 1 aliphatic heterocycles. The third-order valence-corrected chi connectivity index (χ3v) is 4.48. The first-order valence-corrected chi connectivity index (χ1v) is 5.96. The quantitative estimate of drug-likeness (QED) is 0.687. The van der Waals surface area contributed by atoms with Crippen molar-refractivity contribution in [1.29, 1.82) is 0 Å². The third-order valence-electron chi connectivity index (χ3n) is 3.04. The fraction of sp³-hybridized carbons (Fsp3) is 0.143. The topological polar surface area (TPSA) is 0 Å². The second-order valence-electron chi connectivity index (χ2n) is 4.00. The Kier molecular flexibility index (Phi) is 1.89. The van der Waals surface area contributed by atoms with Gasteiger partial charge in [-0.15, -0.1) is 11.8 Å². The number of fused-ring (bicyclic) bond motifs is 1. The highest BCUT2D eigenvalue weighted by atomic mass is 32.2. The zero-order valence-electron chi connectivity index (χ0n) is 8.60. The van der Waals surface area contributed by atoms with Crippen molar-refractivity contribution in [2.24, 2.45) is 0 Å². The maximum atomic E-state index is 2.30. The molecule has 0 radical (unpaired) electrons. The summed E-state index contributed by atoms with van der Waals surface area (Å²) >= 11 is 1.95. The van der Waals surface area contributed by atoms with Crippen LogP contribution in [0.15, 0.2) is 59.5 Å². The largest absolute Gasteiger partial charge is 0.110 e. The van der Waals surface area contributed by atoms with Gasteiger partial charge in [-0.05, 0) is 24.1 Å². The summed E-state index contributed by atoms with van der Waals surface area (Å²) in [7, 11) is 0. The average molecular weight is 212 g/mol. The average Bonchev–Trinajstić information content (AvgIpc) is 2.29. The van der Waals surface area contributed by atoms with Gasteiger partial charge in [-0.1, -0.05) is 48.5 Å². The molecule has 0 amide bonds. The van der Waals surface area contributed by atoms with Crippen molar-refractivity contribution in [1.82, 2.24) is 0 Å². The van der Waals surface area contributed by atoms with Crippen molar-refractivity contribution in [2.45, 2.75) is 16.6 Å². The van der Waals surface area contributed by atoms with Gasteiger partial charge in [-0.25, -0.2) is 0 Å². The highest BCUT2D eigenvalue weighted by Gasteiger charge is 2.40. The van der Waals surface area contributed by atoms with E-state index in [0.717, 1.165) is 0 Å². The molecule has 74 valence electrons. The zero-order valence-corrected chi connectivity index (χ0v) is 9.42. The highest BCUT2D eigenvalue weighted by molar-refractivity contribution is 8.02. The van der Waals surface area contributed by atoms with Crippen LogP contribution in [0, 0.1) is 0 Å². The summed E-state index contributed by atoms with van der Waals surface area (Å²) in [6.45, 7) is 2.30. The van der Waals surface area contributed by atoms with Gasteiger partial charge in [0.15, 0.2) is 0 Å². The van der Waals surface area contributed by atoms with Crippen molar-refractivity contribution in [2.75, 3.05) is 0 Å². The van der Waals surface area contributed by atoms with E-state index in [-0.39, 0.29) is 4.75 Å². The molecule has 1 atom stereocenters. The van der Waals surface area contributed by atoms with Gasteiger partial charge in [0.1, 0.15) is 0 Å². The predicted molar refractivity (Wildman–Crippen MR) is 65.2 cm³/mol. The van der Waals surface area contributed by atoms with Gasteiger partial charge in [-0.2, -0.15) is 0 Å². The lowest BCUT2D eigenvalue weighted by Gasteiger charge is -2.40. The Morgan fingerprint density at radius 2 is 1.53 bits per heavy atom. The van der Waals surface area contributed by atoms with Gasteiger partial charge in [0, 0.05) is 4.90 Å². The fourth-order valence-corrected chi connectivity index (χ4v) is 3.51. The first-order chi connectivity index (χ1) is 7.31. The van der Waals surface area contributed by atoms with E-state index >= 15 is 0 Å². The molecule has 0 nitrogen and oxygen atoms in total. The first-order valence-electron chi connectivity index (χ1n) is 5.15. The van der Waals surface area contributed by atoms with E-state index in [1.165, 1.54) is 16.0 Å². The maximum absolute atomic E-state index is 2.30. The summed E-state index contributed by atoms with van der Waals surface area (Å²) in [5, 5.41) is 0. The summed E-state index contributed by atoms with van der Waals surface area (Å²) in [5.74, 6) is 0. The van der Waals surface area contributed by atoms with Gasteiger partial charge in [-0.3, -0.25) is 0 Å². The van der Waals surface area contributed by atoms with Crippen LogP contribution in [-0.2, 0) is 4.75 Å². The van der Waals surface area contributed by atoms with Crippen LogP contribution in [0.5, 0.6) is 0 Å².